The van der Waals surface area contributed by atoms with Crippen LogP contribution in [0.4, 0.5) is 0 Å². The lowest BCUT2D eigenvalue weighted by Gasteiger charge is -2.08. The Bertz CT molecular complexity index is 325. The van der Waals surface area contributed by atoms with Crippen LogP contribution in [0.25, 0.3) is 0 Å². The predicted molar refractivity (Wildman–Crippen MR) is 73.5 cm³/mol. The molecule has 0 aromatic heterocycles. The minimum Gasteiger partial charge on any atom is -0.0940 e. The molecule has 0 atom stereocenters. The Kier molecular flexibility index (Phi) is 5.48. The summed E-state index contributed by atoms with van der Waals surface area (Å²) in [5.41, 5.74) is 1.31. The third kappa shape index (κ3) is 4.89. The number of hydrogen-bond acceptors (Lipinski definition) is 1. The van der Waals surface area contributed by atoms with Crippen LogP contribution in [0.3, 0.4) is 0 Å². The van der Waals surface area contributed by atoms with Crippen LogP contribution in [-0.2, 0) is 0 Å². The van der Waals surface area contributed by atoms with E-state index in [0.29, 0.717) is 5.92 Å². The average Bonchev–Trinajstić information content (AvgIpc) is 2.19. The molecule has 0 radical (unpaired) electrons. The summed E-state index contributed by atoms with van der Waals surface area (Å²) < 4.78 is 0. The van der Waals surface area contributed by atoms with E-state index in [0.717, 1.165) is 6.42 Å². The van der Waals surface area contributed by atoms with Crippen molar-refractivity contribution in [2.75, 3.05) is 0 Å². The van der Waals surface area contributed by atoms with Crippen LogP contribution in [0.1, 0.15) is 25.8 Å². The van der Waals surface area contributed by atoms with Crippen molar-refractivity contribution in [2.45, 2.75) is 32.1 Å². The molecular weight excluding hydrogens is 268 g/mol. The lowest BCUT2D eigenvalue weighted by molar-refractivity contribution is 0.659. The van der Waals surface area contributed by atoms with Crippen LogP contribution in [-0.4, -0.2) is 0 Å². The van der Waals surface area contributed by atoms with Gasteiger partial charge in [0.05, 0.1) is 0 Å². The van der Waals surface area contributed by atoms with E-state index < -0.39 is 0 Å². The summed E-state index contributed by atoms with van der Waals surface area (Å²) in [7, 11) is 0. The molecule has 0 saturated heterocycles. The van der Waals surface area contributed by atoms with Gasteiger partial charge in [-0.15, -0.1) is 0 Å². The van der Waals surface area contributed by atoms with E-state index >= 15 is 0 Å². The molecule has 0 unspecified atom stereocenters. The minimum atomic E-state index is 0.701. The van der Waals surface area contributed by atoms with Gasteiger partial charge in [-0.3, -0.25) is 0 Å². The summed E-state index contributed by atoms with van der Waals surface area (Å²) in [6.07, 6.45) is 1.13. The van der Waals surface area contributed by atoms with E-state index in [9.17, 15) is 0 Å². The van der Waals surface area contributed by atoms with Gasteiger partial charge in [0.25, 0.3) is 0 Å². The SMILES string of the molecule is Cc1ccc(S/C(=C\Br)CC(C)C)cc1. The molecule has 0 bridgehead atoms. The van der Waals surface area contributed by atoms with Gasteiger partial charge in [0.2, 0.25) is 0 Å². The second kappa shape index (κ2) is 6.39. The van der Waals surface area contributed by atoms with Crippen LogP contribution >= 0.6 is 27.7 Å². The number of hydrogen-bond donors (Lipinski definition) is 0. The zero-order valence-corrected chi connectivity index (χ0v) is 11.9. The number of benzene rings is 1. The first kappa shape index (κ1) is 12.9. The molecule has 0 heterocycles. The van der Waals surface area contributed by atoms with Gasteiger partial charge in [-0.05, 0) is 41.3 Å². The third-order valence-electron chi connectivity index (χ3n) is 2.00. The molecule has 0 amide bonds. The molecule has 0 nitrogen and oxygen atoms in total. The van der Waals surface area contributed by atoms with Gasteiger partial charge in [-0.2, -0.15) is 0 Å². The minimum absolute atomic E-state index is 0.701. The third-order valence-corrected chi connectivity index (χ3v) is 3.91. The van der Waals surface area contributed by atoms with E-state index in [1.165, 1.54) is 15.4 Å². The van der Waals surface area contributed by atoms with Crippen LogP contribution in [0.2, 0.25) is 0 Å². The summed E-state index contributed by atoms with van der Waals surface area (Å²) in [4.78, 5) is 4.73. The fourth-order valence-corrected chi connectivity index (χ4v) is 2.77. The summed E-state index contributed by atoms with van der Waals surface area (Å²) in [5.74, 6) is 0.701. The monoisotopic (exact) mass is 284 g/mol. The van der Waals surface area contributed by atoms with Crippen molar-refractivity contribution >= 4 is 27.7 Å². The first-order valence-electron chi connectivity index (χ1n) is 5.15. The number of thioether (sulfide) groups is 1. The van der Waals surface area contributed by atoms with E-state index in [-0.39, 0.29) is 0 Å². The van der Waals surface area contributed by atoms with Crippen molar-refractivity contribution in [1.82, 2.24) is 0 Å². The number of rotatable bonds is 4. The molecule has 0 fully saturated rings. The molecule has 0 N–H and O–H groups in total. The molecule has 0 aliphatic carbocycles. The lowest BCUT2D eigenvalue weighted by atomic mass is 10.1. The Labute approximate surface area is 105 Å². The molecule has 82 valence electrons. The molecule has 0 saturated carbocycles. The molecule has 0 spiro atoms. The summed E-state index contributed by atoms with van der Waals surface area (Å²) >= 11 is 5.27. The number of aryl methyl sites for hydroxylation is 1. The largest absolute Gasteiger partial charge is 0.0940 e. The van der Waals surface area contributed by atoms with Crippen molar-refractivity contribution in [3.8, 4) is 0 Å². The number of allylic oxidation sites excluding steroid dienone is 1. The van der Waals surface area contributed by atoms with Gasteiger partial charge in [0.1, 0.15) is 0 Å². The summed E-state index contributed by atoms with van der Waals surface area (Å²) in [6, 6.07) is 8.67. The van der Waals surface area contributed by atoms with Crippen molar-refractivity contribution in [2.24, 2.45) is 5.92 Å². The Hall–Kier alpha value is -0.210. The highest BCUT2D eigenvalue weighted by Crippen LogP contribution is 2.31. The van der Waals surface area contributed by atoms with Crippen LogP contribution in [0.15, 0.2) is 39.1 Å². The zero-order chi connectivity index (χ0) is 11.3. The average molecular weight is 285 g/mol. The lowest BCUT2D eigenvalue weighted by Crippen LogP contribution is -1.87. The molecule has 1 aromatic carbocycles. The molecule has 2 heteroatoms. The van der Waals surface area contributed by atoms with E-state index in [1.807, 2.05) is 16.7 Å². The maximum atomic E-state index is 3.43. The van der Waals surface area contributed by atoms with Crippen LogP contribution in [0, 0.1) is 12.8 Å². The molecular formula is C13H17BrS. The van der Waals surface area contributed by atoms with Gasteiger partial charge in [-0.1, -0.05) is 59.2 Å². The highest BCUT2D eigenvalue weighted by atomic mass is 79.9. The Morgan fingerprint density at radius 1 is 1.33 bits per heavy atom. The van der Waals surface area contributed by atoms with E-state index in [2.05, 4.69) is 61.0 Å². The first-order chi connectivity index (χ1) is 7.11. The second-order valence-corrected chi connectivity index (χ2v) is 5.75. The van der Waals surface area contributed by atoms with Crippen molar-refractivity contribution in [3.05, 3.63) is 39.7 Å². The van der Waals surface area contributed by atoms with E-state index in [1.54, 1.807) is 0 Å². The Morgan fingerprint density at radius 3 is 2.40 bits per heavy atom. The smallest absolute Gasteiger partial charge is 0.0119 e. The predicted octanol–water partition coefficient (Wildman–Crippen LogP) is 5.37. The molecule has 0 aliphatic rings. The van der Waals surface area contributed by atoms with Gasteiger partial charge in [-0.25, -0.2) is 0 Å². The molecule has 0 aliphatic heterocycles. The number of halogens is 1. The van der Waals surface area contributed by atoms with Crippen molar-refractivity contribution < 1.29 is 0 Å². The normalized spacial score (nSPS) is 12.2. The fraction of sp³-hybridized carbons (Fsp3) is 0.385. The molecule has 1 rings (SSSR count). The van der Waals surface area contributed by atoms with Crippen molar-refractivity contribution in [1.29, 1.82) is 0 Å². The quantitative estimate of drug-likeness (QED) is 0.670. The second-order valence-electron chi connectivity index (χ2n) is 4.09. The topological polar surface area (TPSA) is 0 Å². The Balaban J connectivity index is 2.63. The fourth-order valence-electron chi connectivity index (χ4n) is 1.27. The van der Waals surface area contributed by atoms with Gasteiger partial charge in [0, 0.05) is 4.90 Å². The summed E-state index contributed by atoms with van der Waals surface area (Å²) in [6.45, 7) is 6.60. The molecule has 1 aromatic rings. The molecule has 15 heavy (non-hydrogen) atoms. The highest BCUT2D eigenvalue weighted by molar-refractivity contribution is 9.11. The summed E-state index contributed by atoms with van der Waals surface area (Å²) in [5, 5.41) is 0. The van der Waals surface area contributed by atoms with Crippen LogP contribution < -0.4 is 0 Å². The van der Waals surface area contributed by atoms with Gasteiger partial charge >= 0.3 is 0 Å². The van der Waals surface area contributed by atoms with Gasteiger partial charge < -0.3 is 0 Å². The Morgan fingerprint density at radius 2 is 1.93 bits per heavy atom. The standard InChI is InChI=1S/C13H17BrS/c1-10(2)8-13(9-14)15-12-6-4-11(3)5-7-12/h4-7,9-10H,8H2,1-3H3/b13-9-. The maximum Gasteiger partial charge on any atom is 0.0119 e. The highest BCUT2D eigenvalue weighted by Gasteiger charge is 2.03. The van der Waals surface area contributed by atoms with E-state index in [4.69, 9.17) is 0 Å². The first-order valence-corrected chi connectivity index (χ1v) is 6.89. The van der Waals surface area contributed by atoms with Crippen LogP contribution in [0.5, 0.6) is 0 Å². The maximum absolute atomic E-state index is 3.43. The zero-order valence-electron chi connectivity index (χ0n) is 9.46. The van der Waals surface area contributed by atoms with Crippen molar-refractivity contribution in [3.63, 3.8) is 0 Å². The van der Waals surface area contributed by atoms with Gasteiger partial charge in [0.15, 0.2) is 0 Å².